The van der Waals surface area contributed by atoms with Crippen molar-refractivity contribution in [1.29, 1.82) is 0 Å². The molecule has 0 radical (unpaired) electrons. The van der Waals surface area contributed by atoms with Crippen LogP contribution in [0.5, 0.6) is 0 Å². The molecule has 3 nitrogen and oxygen atoms in total. The van der Waals surface area contributed by atoms with Crippen LogP contribution in [0.4, 0.5) is 0 Å². The van der Waals surface area contributed by atoms with Gasteiger partial charge in [-0.2, -0.15) is 0 Å². The van der Waals surface area contributed by atoms with Gasteiger partial charge in [-0.25, -0.2) is 0 Å². The molecule has 6 heteroatoms. The molecular formula is C28H32O3P2Ti. The van der Waals surface area contributed by atoms with E-state index in [2.05, 4.69) is 131 Å². The third-order valence-corrected chi connectivity index (χ3v) is 8.89. The number of rotatable bonds is 4. The second-order valence-corrected chi connectivity index (χ2v) is 12.1. The molecule has 0 aliphatic heterocycles. The van der Waals surface area contributed by atoms with E-state index in [0.29, 0.717) is 0 Å². The zero-order valence-corrected chi connectivity index (χ0v) is 23.5. The van der Waals surface area contributed by atoms with Crippen molar-refractivity contribution in [2.75, 3.05) is 6.66 Å². The molecule has 0 heterocycles. The summed E-state index contributed by atoms with van der Waals surface area (Å²) in [5.74, 6) is 0. The van der Waals surface area contributed by atoms with Crippen molar-refractivity contribution >= 4 is 37.7 Å². The third kappa shape index (κ3) is 9.81. The Hall–Kier alpha value is -1.83. The third-order valence-electron chi connectivity index (χ3n) is 5.37. The predicted molar refractivity (Wildman–Crippen MR) is 145 cm³/mol. The van der Waals surface area contributed by atoms with E-state index in [1.165, 1.54) is 37.9 Å². The maximum absolute atomic E-state index is 8.81. The molecule has 0 bridgehead atoms. The summed E-state index contributed by atoms with van der Waals surface area (Å²) in [4.78, 5) is 0. The van der Waals surface area contributed by atoms with Gasteiger partial charge in [0.05, 0.1) is 0 Å². The smallest absolute Gasteiger partial charge is 0.0226 e. The van der Waals surface area contributed by atoms with Gasteiger partial charge in [0.2, 0.25) is 0 Å². The van der Waals surface area contributed by atoms with Crippen LogP contribution in [0.2, 0.25) is 0 Å². The average Bonchev–Trinajstić information content (AvgIpc) is 2.84. The molecule has 4 aromatic carbocycles. The van der Waals surface area contributed by atoms with E-state index >= 15 is 0 Å². The Bertz CT molecular complexity index is 1110. The van der Waals surface area contributed by atoms with E-state index in [4.69, 9.17) is 10.7 Å². The number of aryl methyl sites for hydroxylation is 1. The molecule has 0 aliphatic rings. The Labute approximate surface area is 213 Å². The SMILES string of the molecule is Cc1ccc(P(C)c2ccccc2)c(C)c1C.[O]=[Ti]([OH])[OH].c1ccc(Pc2ccccc2)cc1. The summed E-state index contributed by atoms with van der Waals surface area (Å²) in [5, 5.41) is 5.76. The van der Waals surface area contributed by atoms with E-state index in [1.54, 1.807) is 0 Å². The summed E-state index contributed by atoms with van der Waals surface area (Å²) in [6, 6.07) is 36.5. The summed E-state index contributed by atoms with van der Waals surface area (Å²) in [6.07, 6.45) is 0. The maximum atomic E-state index is 8.81. The molecule has 2 N–H and O–H groups in total. The minimum Gasteiger partial charge on any atom is -0.0622 e. The van der Waals surface area contributed by atoms with E-state index in [9.17, 15) is 0 Å². The molecule has 0 saturated carbocycles. The van der Waals surface area contributed by atoms with Crippen LogP contribution in [0.1, 0.15) is 16.7 Å². The summed E-state index contributed by atoms with van der Waals surface area (Å²) in [7, 11) is 0.557. The fraction of sp³-hybridized carbons (Fsp3) is 0.143. The molecule has 0 saturated heterocycles. The number of hydrogen-bond donors (Lipinski definition) is 2. The van der Waals surface area contributed by atoms with E-state index in [1.807, 2.05) is 0 Å². The Balaban J connectivity index is 0.000000213. The average molecular weight is 526 g/mol. The summed E-state index contributed by atoms with van der Waals surface area (Å²) < 4.78 is 23.2. The largest absolute Gasteiger partial charge is 0.0622 e. The van der Waals surface area contributed by atoms with Crippen molar-refractivity contribution in [2.45, 2.75) is 20.8 Å². The van der Waals surface area contributed by atoms with Gasteiger partial charge < -0.3 is 0 Å². The van der Waals surface area contributed by atoms with Gasteiger partial charge in [0, 0.05) is 0 Å². The maximum Gasteiger partial charge on any atom is -0.0226 e. The first-order valence-electron chi connectivity index (χ1n) is 10.9. The first-order chi connectivity index (χ1) is 16.3. The zero-order valence-electron chi connectivity index (χ0n) is 20.1. The first-order valence-corrected chi connectivity index (χ1v) is 15.8. The molecule has 176 valence electrons. The van der Waals surface area contributed by atoms with E-state index < -0.39 is 18.6 Å². The molecule has 1 unspecified atom stereocenters. The molecule has 0 spiro atoms. The van der Waals surface area contributed by atoms with Gasteiger partial charge in [0.15, 0.2) is 0 Å². The van der Waals surface area contributed by atoms with Crippen LogP contribution in [-0.4, -0.2) is 14.0 Å². The minimum absolute atomic E-state index is 0.220. The van der Waals surface area contributed by atoms with Gasteiger partial charge in [-0.15, -0.1) is 0 Å². The van der Waals surface area contributed by atoms with Gasteiger partial charge in [0.25, 0.3) is 0 Å². The summed E-state index contributed by atoms with van der Waals surface area (Å²) in [5.41, 5.74) is 4.29. The van der Waals surface area contributed by atoms with Crippen LogP contribution in [0.3, 0.4) is 0 Å². The second kappa shape index (κ2) is 15.2. The number of hydrogen-bond acceptors (Lipinski definition) is 1. The van der Waals surface area contributed by atoms with Gasteiger partial charge in [-0.3, -0.25) is 0 Å². The Kier molecular flexibility index (Phi) is 12.7. The van der Waals surface area contributed by atoms with Crippen LogP contribution in [-0.2, 0) is 21.9 Å². The van der Waals surface area contributed by atoms with Gasteiger partial charge in [0.1, 0.15) is 0 Å². The Morgan fingerprint density at radius 3 is 1.50 bits per heavy atom. The summed E-state index contributed by atoms with van der Waals surface area (Å²) >= 11 is -3.58. The fourth-order valence-corrected chi connectivity index (χ4v) is 6.22. The van der Waals surface area contributed by atoms with Crippen molar-refractivity contribution in [3.63, 3.8) is 0 Å². The van der Waals surface area contributed by atoms with Crippen molar-refractivity contribution in [3.05, 3.63) is 120 Å². The fourth-order valence-electron chi connectivity index (χ4n) is 3.31. The van der Waals surface area contributed by atoms with Gasteiger partial charge >= 0.3 is 29.3 Å². The normalized spacial score (nSPS) is 10.8. The van der Waals surface area contributed by atoms with E-state index in [0.717, 1.165) is 8.58 Å². The second-order valence-electron chi connectivity index (χ2n) is 7.69. The molecule has 0 aromatic heterocycles. The topological polar surface area (TPSA) is 57.5 Å². The Morgan fingerprint density at radius 2 is 1.06 bits per heavy atom. The Morgan fingerprint density at radius 1 is 0.647 bits per heavy atom. The van der Waals surface area contributed by atoms with Gasteiger partial charge in [-0.1, -0.05) is 112 Å². The minimum atomic E-state index is -3.58. The van der Waals surface area contributed by atoms with Crippen LogP contribution in [0, 0.1) is 20.8 Å². The molecule has 4 aromatic rings. The summed E-state index contributed by atoms with van der Waals surface area (Å²) in [6.45, 7) is 9.01. The first kappa shape index (κ1) is 28.4. The molecular weight excluding hydrogens is 494 g/mol. The van der Waals surface area contributed by atoms with Crippen LogP contribution < -0.4 is 21.2 Å². The monoisotopic (exact) mass is 526 g/mol. The molecule has 34 heavy (non-hydrogen) atoms. The standard InChI is InChI=1S/C16H19P.C12H11P.2H2O.O.Ti/c1-12-10-11-16(14(3)13(12)2)17(4)15-8-6-5-7-9-15;1-3-7-11(8-4-1)13-12-9-5-2-6-10-12;;;;/h5-11H,1-4H3;1-10,13H;2*1H2;;/q;;;;;+2/p-2. The molecule has 0 aliphatic carbocycles. The molecule has 0 fully saturated rings. The molecule has 4 rings (SSSR count). The molecule has 1 atom stereocenters. The van der Waals surface area contributed by atoms with Crippen LogP contribution in [0.15, 0.2) is 103 Å². The van der Waals surface area contributed by atoms with Crippen molar-refractivity contribution in [3.8, 4) is 0 Å². The molecule has 0 amide bonds. The van der Waals surface area contributed by atoms with Crippen molar-refractivity contribution in [1.82, 2.24) is 0 Å². The number of benzene rings is 4. The van der Waals surface area contributed by atoms with E-state index in [-0.39, 0.29) is 7.92 Å². The van der Waals surface area contributed by atoms with Crippen molar-refractivity contribution < 1.29 is 29.3 Å². The zero-order chi connectivity index (χ0) is 24.9. The van der Waals surface area contributed by atoms with Crippen LogP contribution in [0.25, 0.3) is 0 Å². The van der Waals surface area contributed by atoms with Gasteiger partial charge in [-0.05, 0) is 73.3 Å². The van der Waals surface area contributed by atoms with Crippen LogP contribution >= 0.6 is 16.5 Å². The predicted octanol–water partition coefficient (Wildman–Crippen LogP) is 4.75. The van der Waals surface area contributed by atoms with Crippen molar-refractivity contribution in [2.24, 2.45) is 0 Å². The quantitative estimate of drug-likeness (QED) is 0.298.